The highest BCUT2D eigenvalue weighted by Crippen LogP contribution is 2.41. The van der Waals surface area contributed by atoms with Crippen molar-refractivity contribution in [3.63, 3.8) is 0 Å². The largest absolute Gasteiger partial charge is 0.507 e. The minimum Gasteiger partial charge on any atom is -0.507 e. The van der Waals surface area contributed by atoms with Crippen molar-refractivity contribution in [2.24, 2.45) is 5.92 Å². The Morgan fingerprint density at radius 2 is 1.96 bits per heavy atom. The number of benzene rings is 2. The van der Waals surface area contributed by atoms with Gasteiger partial charge in [0.15, 0.2) is 0 Å². The number of hydrogen-bond donors (Lipinski definition) is 2. The van der Waals surface area contributed by atoms with Gasteiger partial charge in [-0.15, -0.1) is 12.4 Å². The zero-order valence-electron chi connectivity index (χ0n) is 14.0. The van der Waals surface area contributed by atoms with Crippen molar-refractivity contribution in [1.29, 1.82) is 0 Å². The molecule has 3 rings (SSSR count). The van der Waals surface area contributed by atoms with E-state index < -0.39 is 0 Å². The summed E-state index contributed by atoms with van der Waals surface area (Å²) in [4.78, 5) is 0. The van der Waals surface area contributed by atoms with Crippen molar-refractivity contribution in [2.45, 2.75) is 31.6 Å². The molecule has 2 nitrogen and oxygen atoms in total. The van der Waals surface area contributed by atoms with Crippen LogP contribution >= 0.6 is 35.0 Å². The highest BCUT2D eigenvalue weighted by Gasteiger charge is 2.29. The van der Waals surface area contributed by atoms with Crippen LogP contribution in [0.5, 0.6) is 5.75 Å². The molecule has 0 saturated heterocycles. The third kappa shape index (κ3) is 4.24. The molecular formula is C20H25ClINO. The molecule has 0 heterocycles. The fourth-order valence-corrected chi connectivity index (χ4v) is 4.67. The molecule has 0 bridgehead atoms. The summed E-state index contributed by atoms with van der Waals surface area (Å²) < 4.78 is 1.05. The Kier molecular flexibility index (Phi) is 7.38. The monoisotopic (exact) mass is 457 g/mol. The third-order valence-corrected chi connectivity index (χ3v) is 6.18. The molecule has 2 atom stereocenters. The lowest BCUT2D eigenvalue weighted by atomic mass is 9.73. The van der Waals surface area contributed by atoms with Gasteiger partial charge >= 0.3 is 0 Å². The first-order chi connectivity index (χ1) is 11.2. The minimum atomic E-state index is 0. The van der Waals surface area contributed by atoms with Gasteiger partial charge in [-0.2, -0.15) is 0 Å². The van der Waals surface area contributed by atoms with E-state index in [2.05, 4.69) is 64.3 Å². The highest BCUT2D eigenvalue weighted by atomic mass is 127. The molecule has 0 spiro atoms. The van der Waals surface area contributed by atoms with Crippen molar-refractivity contribution in [3.05, 3.63) is 62.7 Å². The molecule has 130 valence electrons. The zero-order chi connectivity index (χ0) is 16.2. The predicted molar refractivity (Wildman–Crippen MR) is 111 cm³/mol. The van der Waals surface area contributed by atoms with Crippen molar-refractivity contribution in [1.82, 2.24) is 5.32 Å². The molecule has 0 aliphatic heterocycles. The van der Waals surface area contributed by atoms with E-state index in [1.165, 1.54) is 29.5 Å². The second-order valence-electron chi connectivity index (χ2n) is 6.47. The zero-order valence-corrected chi connectivity index (χ0v) is 16.9. The van der Waals surface area contributed by atoms with Gasteiger partial charge in [0, 0.05) is 0 Å². The van der Waals surface area contributed by atoms with Crippen LogP contribution in [0.3, 0.4) is 0 Å². The van der Waals surface area contributed by atoms with Gasteiger partial charge in [0.05, 0.1) is 3.57 Å². The summed E-state index contributed by atoms with van der Waals surface area (Å²) in [5, 5.41) is 13.4. The van der Waals surface area contributed by atoms with Crippen LogP contribution in [0.1, 0.15) is 35.4 Å². The Hall–Kier alpha value is -0.780. The number of rotatable bonds is 5. The summed E-state index contributed by atoms with van der Waals surface area (Å²) in [6.45, 7) is 1.02. The van der Waals surface area contributed by atoms with Crippen LogP contribution in [-0.4, -0.2) is 18.7 Å². The molecule has 2 aromatic carbocycles. The van der Waals surface area contributed by atoms with Gasteiger partial charge < -0.3 is 10.4 Å². The number of nitrogens with one attached hydrogen (secondary N) is 1. The molecule has 1 aliphatic rings. The van der Waals surface area contributed by atoms with Crippen LogP contribution in [0.25, 0.3) is 0 Å². The molecule has 0 radical (unpaired) electrons. The maximum absolute atomic E-state index is 10.0. The molecule has 2 N–H and O–H groups in total. The van der Waals surface area contributed by atoms with Gasteiger partial charge in [-0.3, -0.25) is 0 Å². The van der Waals surface area contributed by atoms with E-state index in [9.17, 15) is 5.11 Å². The van der Waals surface area contributed by atoms with E-state index in [0.29, 0.717) is 17.6 Å². The number of hydrogen-bond acceptors (Lipinski definition) is 2. The maximum atomic E-state index is 10.0. The highest BCUT2D eigenvalue weighted by molar-refractivity contribution is 14.1. The molecule has 1 aliphatic carbocycles. The van der Waals surface area contributed by atoms with E-state index >= 15 is 0 Å². The number of fused-ring (bicyclic) bond motifs is 1. The molecule has 4 heteroatoms. The van der Waals surface area contributed by atoms with E-state index in [-0.39, 0.29) is 12.4 Å². The van der Waals surface area contributed by atoms with E-state index in [4.69, 9.17) is 0 Å². The van der Waals surface area contributed by atoms with Crippen LogP contribution in [0.2, 0.25) is 0 Å². The SMILES string of the molecule is CNCC(Cc1ccccc1)C1CCCc2c1ccc(O)c2I.Cl. The van der Waals surface area contributed by atoms with Crippen molar-refractivity contribution in [2.75, 3.05) is 13.6 Å². The Morgan fingerprint density at radius 3 is 2.67 bits per heavy atom. The van der Waals surface area contributed by atoms with E-state index in [0.717, 1.165) is 23.0 Å². The second-order valence-corrected chi connectivity index (χ2v) is 7.55. The lowest BCUT2D eigenvalue weighted by molar-refractivity contribution is 0.364. The Balaban J connectivity index is 0.00000208. The fraction of sp³-hybridized carbons (Fsp3) is 0.400. The summed E-state index contributed by atoms with van der Waals surface area (Å²) in [7, 11) is 2.04. The molecular weight excluding hydrogens is 433 g/mol. The van der Waals surface area contributed by atoms with Crippen molar-refractivity contribution >= 4 is 35.0 Å². The van der Waals surface area contributed by atoms with Gasteiger partial charge in [0.25, 0.3) is 0 Å². The van der Waals surface area contributed by atoms with Crippen molar-refractivity contribution < 1.29 is 5.11 Å². The molecule has 0 fully saturated rings. The smallest absolute Gasteiger partial charge is 0.129 e. The standard InChI is InChI=1S/C20H24INO.ClH/c1-22-13-15(12-14-6-3-2-4-7-14)16-8-5-9-18-17(16)10-11-19(23)20(18)21;/h2-4,6-7,10-11,15-16,22-23H,5,8-9,12-13H2,1H3;1H. The van der Waals surface area contributed by atoms with Gasteiger partial charge in [-0.25, -0.2) is 0 Å². The van der Waals surface area contributed by atoms with E-state index in [1.807, 2.05) is 13.1 Å². The molecule has 0 saturated carbocycles. The fourth-order valence-electron chi connectivity index (χ4n) is 3.90. The number of phenolic OH excluding ortho intramolecular Hbond substituents is 1. The van der Waals surface area contributed by atoms with Crippen LogP contribution in [0.15, 0.2) is 42.5 Å². The summed E-state index contributed by atoms with van der Waals surface area (Å²) >= 11 is 2.30. The first kappa shape index (κ1) is 19.5. The van der Waals surface area contributed by atoms with Gasteiger partial charge in [-0.05, 0) is 96.5 Å². The Morgan fingerprint density at radius 1 is 1.21 bits per heavy atom. The average Bonchev–Trinajstić information content (AvgIpc) is 2.58. The summed E-state index contributed by atoms with van der Waals surface area (Å²) in [5.74, 6) is 1.58. The molecule has 2 unspecified atom stereocenters. The summed E-state index contributed by atoms with van der Waals surface area (Å²) in [6, 6.07) is 14.8. The number of halogens is 2. The van der Waals surface area contributed by atoms with Crippen LogP contribution in [0, 0.1) is 9.49 Å². The van der Waals surface area contributed by atoms with Gasteiger partial charge in [-0.1, -0.05) is 36.4 Å². The summed E-state index contributed by atoms with van der Waals surface area (Å²) in [5.41, 5.74) is 4.24. The predicted octanol–water partition coefficient (Wildman–Crippen LogP) is 4.92. The normalized spacial score (nSPS) is 17.7. The van der Waals surface area contributed by atoms with Gasteiger partial charge in [0.1, 0.15) is 5.75 Å². The lowest BCUT2D eigenvalue weighted by Gasteiger charge is -2.33. The second kappa shape index (κ2) is 9.07. The molecule has 24 heavy (non-hydrogen) atoms. The topological polar surface area (TPSA) is 32.3 Å². The van der Waals surface area contributed by atoms with Crippen molar-refractivity contribution in [3.8, 4) is 5.75 Å². The quantitative estimate of drug-likeness (QED) is 0.625. The number of aromatic hydroxyl groups is 1. The third-order valence-electron chi connectivity index (χ3n) is 4.98. The first-order valence-corrected chi connectivity index (χ1v) is 9.47. The van der Waals surface area contributed by atoms with Crippen LogP contribution in [-0.2, 0) is 12.8 Å². The van der Waals surface area contributed by atoms with Gasteiger partial charge in [0.2, 0.25) is 0 Å². The number of phenols is 1. The molecule has 0 amide bonds. The maximum Gasteiger partial charge on any atom is 0.129 e. The average molecular weight is 458 g/mol. The Bertz CT molecular complexity index is 662. The van der Waals surface area contributed by atoms with Crippen LogP contribution < -0.4 is 5.32 Å². The summed E-state index contributed by atoms with van der Waals surface area (Å²) in [6.07, 6.45) is 4.65. The minimum absolute atomic E-state index is 0. The first-order valence-electron chi connectivity index (χ1n) is 8.39. The van der Waals surface area contributed by atoms with E-state index in [1.54, 1.807) is 0 Å². The lowest BCUT2D eigenvalue weighted by Crippen LogP contribution is -2.29. The van der Waals surface area contributed by atoms with Crippen LogP contribution in [0.4, 0.5) is 0 Å². The Labute approximate surface area is 164 Å². The molecule has 0 aromatic heterocycles. The molecule has 2 aromatic rings.